The third-order valence-corrected chi connectivity index (χ3v) is 5.49. The first-order valence-electron chi connectivity index (χ1n) is 10.6. The molecule has 0 radical (unpaired) electrons. The second kappa shape index (κ2) is 9.62. The van der Waals surface area contributed by atoms with Crippen LogP contribution in [-0.4, -0.2) is 35.5 Å². The summed E-state index contributed by atoms with van der Waals surface area (Å²) < 4.78 is 11.7. The Hall–Kier alpha value is -3.38. The van der Waals surface area contributed by atoms with Gasteiger partial charge in [0.15, 0.2) is 11.5 Å². The number of benzene rings is 2. The van der Waals surface area contributed by atoms with Crippen molar-refractivity contribution >= 4 is 5.91 Å². The maximum absolute atomic E-state index is 11.2. The van der Waals surface area contributed by atoms with E-state index in [1.165, 1.54) is 23.7 Å². The van der Waals surface area contributed by atoms with Crippen LogP contribution in [0.5, 0.6) is 17.4 Å². The molecule has 1 aliphatic heterocycles. The molecule has 3 aromatic rings. The molecule has 1 aromatic heterocycles. The lowest BCUT2D eigenvalue weighted by Crippen LogP contribution is -2.19. The molecule has 6 heteroatoms. The summed E-state index contributed by atoms with van der Waals surface area (Å²) in [6, 6.07) is 20.0. The average Bonchev–Trinajstić information content (AvgIpc) is 3.25. The zero-order valence-electron chi connectivity index (χ0n) is 17.7. The predicted octanol–water partition coefficient (Wildman–Crippen LogP) is 4.36. The molecular weight excluding hydrogens is 390 g/mol. The topological polar surface area (TPSA) is 77.7 Å². The van der Waals surface area contributed by atoms with E-state index in [1.807, 2.05) is 19.1 Å². The van der Waals surface area contributed by atoms with Gasteiger partial charge in [0.2, 0.25) is 11.8 Å². The molecule has 1 amide bonds. The van der Waals surface area contributed by atoms with Crippen LogP contribution < -0.4 is 15.2 Å². The van der Waals surface area contributed by atoms with Gasteiger partial charge < -0.3 is 15.2 Å². The number of carbonyl (C=O) groups excluding carboxylic acids is 1. The highest BCUT2D eigenvalue weighted by molar-refractivity contribution is 5.92. The summed E-state index contributed by atoms with van der Waals surface area (Å²) in [5.41, 5.74) is 8.20. The van der Waals surface area contributed by atoms with Crippen LogP contribution >= 0.6 is 0 Å². The van der Waals surface area contributed by atoms with Crippen molar-refractivity contribution in [2.45, 2.75) is 25.8 Å². The molecule has 0 aliphatic carbocycles. The Morgan fingerprint density at radius 1 is 1.13 bits per heavy atom. The summed E-state index contributed by atoms with van der Waals surface area (Å²) in [7, 11) is 0. The van der Waals surface area contributed by atoms with Crippen molar-refractivity contribution in [3.05, 3.63) is 83.6 Å². The van der Waals surface area contributed by atoms with Crippen LogP contribution in [0.2, 0.25) is 0 Å². The summed E-state index contributed by atoms with van der Waals surface area (Å²) in [4.78, 5) is 17.8. The smallest absolute Gasteiger partial charge is 0.250 e. The van der Waals surface area contributed by atoms with Gasteiger partial charge in [0.05, 0.1) is 12.2 Å². The molecule has 160 valence electrons. The van der Waals surface area contributed by atoms with Crippen LogP contribution in [0.4, 0.5) is 0 Å². The summed E-state index contributed by atoms with van der Waals surface area (Å²) in [6.07, 6.45) is 2.58. The Morgan fingerprint density at radius 3 is 2.68 bits per heavy atom. The highest BCUT2D eigenvalue weighted by atomic mass is 16.5. The SMILES string of the molecule is CCOc1cc(CN2CCC(c3ccccc3)C2)ccc1Oc1ccc(C(N)=O)cn1. The maximum atomic E-state index is 11.2. The van der Waals surface area contributed by atoms with Gasteiger partial charge in [-0.25, -0.2) is 4.98 Å². The second-order valence-corrected chi connectivity index (χ2v) is 7.70. The molecule has 1 aliphatic rings. The van der Waals surface area contributed by atoms with Gasteiger partial charge in [-0.3, -0.25) is 9.69 Å². The fourth-order valence-corrected chi connectivity index (χ4v) is 3.93. The van der Waals surface area contributed by atoms with Crippen LogP contribution in [0.1, 0.15) is 40.7 Å². The number of amides is 1. The summed E-state index contributed by atoms with van der Waals surface area (Å²) in [6.45, 7) is 5.49. The van der Waals surface area contributed by atoms with Gasteiger partial charge >= 0.3 is 0 Å². The first kappa shape index (κ1) is 20.9. The molecule has 1 fully saturated rings. The second-order valence-electron chi connectivity index (χ2n) is 7.70. The number of aromatic nitrogens is 1. The molecule has 2 heterocycles. The van der Waals surface area contributed by atoms with Crippen LogP contribution in [0, 0.1) is 0 Å². The third-order valence-electron chi connectivity index (χ3n) is 5.49. The van der Waals surface area contributed by atoms with Gasteiger partial charge in [0, 0.05) is 25.4 Å². The first-order chi connectivity index (χ1) is 15.1. The highest BCUT2D eigenvalue weighted by Gasteiger charge is 2.24. The van der Waals surface area contributed by atoms with E-state index in [2.05, 4.69) is 46.3 Å². The van der Waals surface area contributed by atoms with Crippen LogP contribution in [0.25, 0.3) is 0 Å². The number of hydrogen-bond acceptors (Lipinski definition) is 5. The Bertz CT molecular complexity index is 1020. The molecule has 1 saturated heterocycles. The van der Waals surface area contributed by atoms with Crippen LogP contribution in [0.3, 0.4) is 0 Å². The standard InChI is InChI=1S/C25H27N3O3/c1-2-30-23-14-18(16-28-13-12-21(17-28)19-6-4-3-5-7-19)8-10-22(23)31-24-11-9-20(15-27-24)25(26)29/h3-11,14-15,21H,2,12-13,16-17H2,1H3,(H2,26,29). The molecular formula is C25H27N3O3. The lowest BCUT2D eigenvalue weighted by molar-refractivity contribution is 0.1000. The Kier molecular flexibility index (Phi) is 6.48. The van der Waals surface area contributed by atoms with Crippen molar-refractivity contribution in [3.63, 3.8) is 0 Å². The number of ether oxygens (including phenoxy) is 2. The van der Waals surface area contributed by atoms with Gasteiger partial charge in [0.1, 0.15) is 0 Å². The third kappa shape index (κ3) is 5.22. The van der Waals surface area contributed by atoms with Crippen molar-refractivity contribution in [2.24, 2.45) is 5.73 Å². The average molecular weight is 418 g/mol. The summed E-state index contributed by atoms with van der Waals surface area (Å²) in [5, 5.41) is 0. The van der Waals surface area contributed by atoms with E-state index in [9.17, 15) is 4.79 Å². The number of carbonyl (C=O) groups is 1. The van der Waals surface area contributed by atoms with E-state index in [0.29, 0.717) is 35.5 Å². The minimum Gasteiger partial charge on any atom is -0.490 e. The molecule has 0 bridgehead atoms. The quantitative estimate of drug-likeness (QED) is 0.589. The van der Waals surface area contributed by atoms with Crippen molar-refractivity contribution in [3.8, 4) is 17.4 Å². The molecule has 2 aromatic carbocycles. The zero-order chi connectivity index (χ0) is 21.6. The lowest BCUT2D eigenvalue weighted by atomic mass is 9.99. The highest BCUT2D eigenvalue weighted by Crippen LogP contribution is 2.33. The number of primary amides is 1. The van der Waals surface area contributed by atoms with Gasteiger partial charge in [-0.15, -0.1) is 0 Å². The first-order valence-corrected chi connectivity index (χ1v) is 10.6. The number of hydrogen-bond donors (Lipinski definition) is 1. The van der Waals surface area contributed by atoms with Gasteiger partial charge in [-0.1, -0.05) is 36.4 Å². The normalized spacial score (nSPS) is 16.2. The lowest BCUT2D eigenvalue weighted by Gasteiger charge is -2.18. The minimum atomic E-state index is -0.519. The summed E-state index contributed by atoms with van der Waals surface area (Å²) in [5.74, 6) is 1.72. The molecule has 4 rings (SSSR count). The molecule has 0 saturated carbocycles. The molecule has 1 unspecified atom stereocenters. The molecule has 31 heavy (non-hydrogen) atoms. The van der Waals surface area contributed by atoms with Crippen LogP contribution in [-0.2, 0) is 6.54 Å². The summed E-state index contributed by atoms with van der Waals surface area (Å²) >= 11 is 0. The predicted molar refractivity (Wildman–Crippen MR) is 120 cm³/mol. The Balaban J connectivity index is 1.44. The zero-order valence-corrected chi connectivity index (χ0v) is 17.7. The number of pyridine rings is 1. The van der Waals surface area contributed by atoms with Crippen molar-refractivity contribution in [2.75, 3.05) is 19.7 Å². The molecule has 6 nitrogen and oxygen atoms in total. The van der Waals surface area contributed by atoms with E-state index in [0.717, 1.165) is 19.6 Å². The fraction of sp³-hybridized carbons (Fsp3) is 0.280. The largest absolute Gasteiger partial charge is 0.490 e. The van der Waals surface area contributed by atoms with E-state index >= 15 is 0 Å². The van der Waals surface area contributed by atoms with Gasteiger partial charge in [-0.2, -0.15) is 0 Å². The van der Waals surface area contributed by atoms with Gasteiger partial charge in [-0.05, 0) is 55.1 Å². The Morgan fingerprint density at radius 2 is 1.97 bits per heavy atom. The van der Waals surface area contributed by atoms with E-state index in [4.69, 9.17) is 15.2 Å². The van der Waals surface area contributed by atoms with Gasteiger partial charge in [0.25, 0.3) is 0 Å². The monoisotopic (exact) mass is 417 g/mol. The molecule has 0 spiro atoms. The fourth-order valence-electron chi connectivity index (χ4n) is 3.93. The number of rotatable bonds is 8. The van der Waals surface area contributed by atoms with E-state index in [-0.39, 0.29) is 0 Å². The van der Waals surface area contributed by atoms with Crippen LogP contribution in [0.15, 0.2) is 66.9 Å². The molecule has 1 atom stereocenters. The minimum absolute atomic E-state index is 0.340. The number of likely N-dealkylation sites (tertiary alicyclic amines) is 1. The number of nitrogens with zero attached hydrogens (tertiary/aromatic N) is 2. The van der Waals surface area contributed by atoms with E-state index in [1.54, 1.807) is 12.1 Å². The maximum Gasteiger partial charge on any atom is 0.250 e. The van der Waals surface area contributed by atoms with E-state index < -0.39 is 5.91 Å². The van der Waals surface area contributed by atoms with Crippen molar-refractivity contribution in [1.29, 1.82) is 0 Å². The van der Waals surface area contributed by atoms with Crippen molar-refractivity contribution < 1.29 is 14.3 Å². The Labute approximate surface area is 182 Å². The van der Waals surface area contributed by atoms with Crippen molar-refractivity contribution in [1.82, 2.24) is 9.88 Å². The number of nitrogens with two attached hydrogens (primary N) is 1. The molecule has 2 N–H and O–H groups in total.